The summed E-state index contributed by atoms with van der Waals surface area (Å²) in [6.45, 7) is 0. The van der Waals surface area contributed by atoms with Gasteiger partial charge in [0.05, 0.1) is 11.4 Å². The maximum absolute atomic E-state index is 5.98. The van der Waals surface area contributed by atoms with E-state index in [1.807, 2.05) is 54.6 Å². The first-order chi connectivity index (χ1) is 12.6. The van der Waals surface area contributed by atoms with E-state index in [1.54, 1.807) is 18.2 Å². The van der Waals surface area contributed by atoms with E-state index in [0.717, 1.165) is 17.1 Å². The lowest BCUT2D eigenvalue weighted by molar-refractivity contribution is 1.23. The summed E-state index contributed by atoms with van der Waals surface area (Å²) < 4.78 is 0. The van der Waals surface area contributed by atoms with Crippen LogP contribution >= 0.6 is 35.4 Å². The number of thiocarbonyl (C=S) groups is 1. The number of nitrogens with one attached hydrogen (secondary N) is 2. The maximum atomic E-state index is 5.98. The van der Waals surface area contributed by atoms with Crippen molar-refractivity contribution in [1.82, 2.24) is 0 Å². The Morgan fingerprint density at radius 2 is 1.23 bits per heavy atom. The normalized spacial score (nSPS) is 10.7. The van der Waals surface area contributed by atoms with Crippen molar-refractivity contribution in [2.75, 3.05) is 10.6 Å². The van der Waals surface area contributed by atoms with Crippen LogP contribution in [0.2, 0.25) is 10.0 Å². The molecule has 0 saturated carbocycles. The lowest BCUT2D eigenvalue weighted by Gasteiger charge is -2.11. The molecule has 0 heterocycles. The summed E-state index contributed by atoms with van der Waals surface area (Å²) in [7, 11) is 0. The molecule has 0 aliphatic heterocycles. The average molecular weight is 401 g/mol. The Hall–Kier alpha value is -2.47. The molecule has 26 heavy (non-hydrogen) atoms. The van der Waals surface area contributed by atoms with E-state index in [-0.39, 0.29) is 0 Å². The standard InChI is InChI=1S/C19H14Cl2N4S/c20-13-10-14(21)12-18(11-13)23-19(26)22-15-6-8-17(9-7-15)25-24-16-4-2-1-3-5-16/h1-12H,(H2,22,23,26). The van der Waals surface area contributed by atoms with E-state index in [9.17, 15) is 0 Å². The average Bonchev–Trinajstić information content (AvgIpc) is 2.61. The van der Waals surface area contributed by atoms with Gasteiger partial charge in [-0.15, -0.1) is 0 Å². The van der Waals surface area contributed by atoms with E-state index in [2.05, 4.69) is 20.9 Å². The molecular formula is C19H14Cl2N4S. The zero-order valence-corrected chi connectivity index (χ0v) is 15.8. The van der Waals surface area contributed by atoms with Crippen molar-refractivity contribution in [2.45, 2.75) is 0 Å². The zero-order chi connectivity index (χ0) is 18.4. The maximum Gasteiger partial charge on any atom is 0.175 e. The number of anilines is 2. The zero-order valence-electron chi connectivity index (χ0n) is 13.5. The van der Waals surface area contributed by atoms with Gasteiger partial charge in [0.1, 0.15) is 0 Å². The molecule has 0 aliphatic rings. The van der Waals surface area contributed by atoms with E-state index in [4.69, 9.17) is 35.4 Å². The molecule has 0 atom stereocenters. The summed E-state index contributed by atoms with van der Waals surface area (Å²) >= 11 is 17.3. The first-order valence-corrected chi connectivity index (χ1v) is 8.86. The lowest BCUT2D eigenvalue weighted by atomic mass is 10.3. The Kier molecular flexibility index (Phi) is 6.17. The Bertz CT molecular complexity index is 908. The van der Waals surface area contributed by atoms with Crippen molar-refractivity contribution in [3.63, 3.8) is 0 Å². The molecule has 3 aromatic carbocycles. The first kappa shape index (κ1) is 18.3. The third-order valence-corrected chi connectivity index (χ3v) is 3.92. The third kappa shape index (κ3) is 5.52. The van der Waals surface area contributed by atoms with E-state index in [1.165, 1.54) is 0 Å². The second-order valence-corrected chi connectivity index (χ2v) is 6.60. The van der Waals surface area contributed by atoms with Gasteiger partial charge in [0.25, 0.3) is 0 Å². The minimum atomic E-state index is 0.432. The van der Waals surface area contributed by atoms with Gasteiger partial charge in [-0.05, 0) is 66.8 Å². The van der Waals surface area contributed by atoms with Crippen LogP contribution in [-0.4, -0.2) is 5.11 Å². The number of halogens is 2. The summed E-state index contributed by atoms with van der Waals surface area (Å²) in [4.78, 5) is 0. The smallest absolute Gasteiger partial charge is 0.175 e. The molecule has 130 valence electrons. The predicted octanol–water partition coefficient (Wildman–Crippen LogP) is 7.22. The molecule has 2 N–H and O–H groups in total. The molecular weight excluding hydrogens is 387 g/mol. The van der Waals surface area contributed by atoms with Crippen LogP contribution in [0.25, 0.3) is 0 Å². The van der Waals surface area contributed by atoms with Crippen LogP contribution < -0.4 is 10.6 Å². The molecule has 0 spiro atoms. The second-order valence-electron chi connectivity index (χ2n) is 5.32. The molecule has 0 radical (unpaired) electrons. The first-order valence-electron chi connectivity index (χ1n) is 7.69. The number of hydrogen-bond donors (Lipinski definition) is 2. The van der Waals surface area contributed by atoms with Crippen LogP contribution in [-0.2, 0) is 0 Å². The molecule has 3 rings (SSSR count). The fraction of sp³-hybridized carbons (Fsp3) is 0. The van der Waals surface area contributed by atoms with Gasteiger partial charge in [0, 0.05) is 21.4 Å². The van der Waals surface area contributed by atoms with Crippen LogP contribution in [0.5, 0.6) is 0 Å². The highest BCUT2D eigenvalue weighted by Gasteiger charge is 2.02. The van der Waals surface area contributed by atoms with E-state index in [0.29, 0.717) is 20.8 Å². The van der Waals surface area contributed by atoms with Gasteiger partial charge in [0.2, 0.25) is 0 Å². The van der Waals surface area contributed by atoms with Gasteiger partial charge >= 0.3 is 0 Å². The Morgan fingerprint density at radius 1 is 0.692 bits per heavy atom. The molecule has 7 heteroatoms. The molecule has 3 aromatic rings. The second kappa shape index (κ2) is 8.76. The molecule has 0 fully saturated rings. The van der Waals surface area contributed by atoms with Gasteiger partial charge < -0.3 is 10.6 Å². The Labute approximate surface area is 166 Å². The van der Waals surface area contributed by atoms with Crippen molar-refractivity contribution in [3.8, 4) is 0 Å². The number of rotatable bonds is 4. The molecule has 0 bridgehead atoms. The molecule has 0 amide bonds. The van der Waals surface area contributed by atoms with Gasteiger partial charge in [-0.1, -0.05) is 41.4 Å². The monoisotopic (exact) mass is 400 g/mol. The van der Waals surface area contributed by atoms with Crippen LogP contribution in [0.15, 0.2) is 83.0 Å². The van der Waals surface area contributed by atoms with Crippen LogP contribution in [0.4, 0.5) is 22.7 Å². The lowest BCUT2D eigenvalue weighted by Crippen LogP contribution is -2.18. The van der Waals surface area contributed by atoms with E-state index < -0.39 is 0 Å². The molecule has 0 aromatic heterocycles. The Morgan fingerprint density at radius 3 is 1.85 bits per heavy atom. The summed E-state index contributed by atoms with van der Waals surface area (Å²) in [5, 5.41) is 16.0. The van der Waals surface area contributed by atoms with Crippen molar-refractivity contribution in [1.29, 1.82) is 0 Å². The van der Waals surface area contributed by atoms with Crippen molar-refractivity contribution in [3.05, 3.63) is 82.8 Å². The Balaban J connectivity index is 1.60. The topological polar surface area (TPSA) is 48.8 Å². The minimum absolute atomic E-state index is 0.432. The van der Waals surface area contributed by atoms with Gasteiger partial charge in [-0.2, -0.15) is 10.2 Å². The van der Waals surface area contributed by atoms with Crippen molar-refractivity contribution in [2.24, 2.45) is 10.2 Å². The molecule has 4 nitrogen and oxygen atoms in total. The third-order valence-electron chi connectivity index (χ3n) is 3.28. The summed E-state index contributed by atoms with van der Waals surface area (Å²) in [5.74, 6) is 0. The van der Waals surface area contributed by atoms with E-state index >= 15 is 0 Å². The van der Waals surface area contributed by atoms with Gasteiger partial charge in [0.15, 0.2) is 5.11 Å². The predicted molar refractivity (Wildman–Crippen MR) is 113 cm³/mol. The summed E-state index contributed by atoms with van der Waals surface area (Å²) in [6.07, 6.45) is 0. The largest absolute Gasteiger partial charge is 0.332 e. The number of nitrogens with zero attached hydrogens (tertiary/aromatic N) is 2. The molecule has 0 aliphatic carbocycles. The number of hydrogen-bond acceptors (Lipinski definition) is 3. The molecule has 0 unspecified atom stereocenters. The van der Waals surface area contributed by atoms with Crippen molar-refractivity contribution < 1.29 is 0 Å². The minimum Gasteiger partial charge on any atom is -0.332 e. The quantitative estimate of drug-likeness (QED) is 0.358. The highest BCUT2D eigenvalue weighted by atomic mass is 35.5. The van der Waals surface area contributed by atoms with Crippen LogP contribution in [0.1, 0.15) is 0 Å². The highest BCUT2D eigenvalue weighted by Crippen LogP contribution is 2.23. The SMILES string of the molecule is S=C(Nc1ccc(N=Nc2ccccc2)cc1)Nc1cc(Cl)cc(Cl)c1. The van der Waals surface area contributed by atoms with Crippen LogP contribution in [0.3, 0.4) is 0 Å². The van der Waals surface area contributed by atoms with Crippen LogP contribution in [0, 0.1) is 0 Å². The fourth-order valence-corrected chi connectivity index (χ4v) is 2.90. The summed E-state index contributed by atoms with van der Waals surface area (Å²) in [6, 6.07) is 22.2. The van der Waals surface area contributed by atoms with Gasteiger partial charge in [-0.3, -0.25) is 0 Å². The van der Waals surface area contributed by atoms with Gasteiger partial charge in [-0.25, -0.2) is 0 Å². The summed E-state index contributed by atoms with van der Waals surface area (Å²) in [5.41, 5.74) is 3.10. The number of benzene rings is 3. The highest BCUT2D eigenvalue weighted by molar-refractivity contribution is 7.80. The number of azo groups is 1. The molecule has 0 saturated heterocycles. The fourth-order valence-electron chi connectivity index (χ4n) is 2.14. The van der Waals surface area contributed by atoms with Crippen molar-refractivity contribution >= 4 is 63.3 Å².